The van der Waals surface area contributed by atoms with Gasteiger partial charge in [-0.05, 0) is 11.6 Å². The molecule has 0 aliphatic heterocycles. The summed E-state index contributed by atoms with van der Waals surface area (Å²) in [7, 11) is 1.93. The van der Waals surface area contributed by atoms with Crippen molar-refractivity contribution in [3.63, 3.8) is 0 Å². The zero-order valence-corrected chi connectivity index (χ0v) is 11.5. The van der Waals surface area contributed by atoms with Gasteiger partial charge in [-0.1, -0.05) is 37.6 Å². The summed E-state index contributed by atoms with van der Waals surface area (Å²) in [5.74, 6) is -0.802. The van der Waals surface area contributed by atoms with Crippen LogP contribution in [0.3, 0.4) is 0 Å². The van der Waals surface area contributed by atoms with Crippen LogP contribution in [-0.4, -0.2) is 15.6 Å². The number of rotatable bonds is 3. The molecule has 4 heteroatoms. The second-order valence-corrected chi connectivity index (χ2v) is 5.65. The quantitative estimate of drug-likeness (QED) is 0.922. The molecule has 0 spiro atoms. The molecule has 0 aliphatic rings. The molecule has 0 bridgehead atoms. The van der Waals surface area contributed by atoms with E-state index in [-0.39, 0.29) is 6.42 Å². The van der Waals surface area contributed by atoms with Crippen LogP contribution >= 0.6 is 11.6 Å². The van der Waals surface area contributed by atoms with Crippen molar-refractivity contribution in [2.45, 2.75) is 25.7 Å². The van der Waals surface area contributed by atoms with E-state index in [2.05, 4.69) is 0 Å². The Morgan fingerprint density at radius 1 is 1.44 bits per heavy atom. The predicted molar refractivity (Wildman–Crippen MR) is 73.2 cm³/mol. The van der Waals surface area contributed by atoms with E-state index < -0.39 is 11.4 Å². The highest BCUT2D eigenvalue weighted by atomic mass is 35.5. The van der Waals surface area contributed by atoms with Gasteiger partial charge in [0.1, 0.15) is 0 Å². The Morgan fingerprint density at radius 3 is 2.72 bits per heavy atom. The van der Waals surface area contributed by atoms with Gasteiger partial charge in [-0.3, -0.25) is 4.79 Å². The van der Waals surface area contributed by atoms with Crippen molar-refractivity contribution in [3.05, 3.63) is 35.0 Å². The minimum atomic E-state index is -0.802. The number of benzene rings is 1. The van der Waals surface area contributed by atoms with Crippen molar-refractivity contribution in [3.8, 4) is 0 Å². The Hall–Kier alpha value is -1.48. The number of aliphatic carboxylic acids is 1. The molecule has 0 radical (unpaired) electrons. The van der Waals surface area contributed by atoms with Gasteiger partial charge in [0.25, 0.3) is 0 Å². The third-order valence-corrected chi connectivity index (χ3v) is 3.58. The van der Waals surface area contributed by atoms with E-state index in [1.807, 2.05) is 49.9 Å². The summed E-state index contributed by atoms with van der Waals surface area (Å²) in [6.45, 7) is 3.86. The van der Waals surface area contributed by atoms with E-state index >= 15 is 0 Å². The maximum atomic E-state index is 11.0. The molecule has 0 unspecified atom stereocenters. The molecule has 0 amide bonds. The smallest absolute Gasteiger partial charge is 0.304 e. The van der Waals surface area contributed by atoms with Crippen molar-refractivity contribution in [2.75, 3.05) is 0 Å². The molecule has 3 nitrogen and oxygen atoms in total. The molecule has 2 rings (SSSR count). The van der Waals surface area contributed by atoms with Gasteiger partial charge in [-0.25, -0.2) is 0 Å². The molecular weight excluding hydrogens is 250 g/mol. The van der Waals surface area contributed by atoms with Gasteiger partial charge in [0.2, 0.25) is 0 Å². The molecule has 0 saturated carbocycles. The van der Waals surface area contributed by atoms with Gasteiger partial charge >= 0.3 is 5.97 Å². The molecule has 1 aromatic carbocycles. The van der Waals surface area contributed by atoms with Crippen molar-refractivity contribution < 1.29 is 9.90 Å². The molecule has 1 aromatic heterocycles. The van der Waals surface area contributed by atoms with Crippen LogP contribution in [0.4, 0.5) is 0 Å². The Morgan fingerprint density at radius 2 is 2.11 bits per heavy atom. The number of hydrogen-bond acceptors (Lipinski definition) is 1. The monoisotopic (exact) mass is 265 g/mol. The van der Waals surface area contributed by atoms with Crippen LogP contribution in [0.2, 0.25) is 5.02 Å². The highest BCUT2D eigenvalue weighted by Crippen LogP contribution is 2.37. The second-order valence-electron chi connectivity index (χ2n) is 5.24. The summed E-state index contributed by atoms with van der Waals surface area (Å²) in [4.78, 5) is 11.0. The molecule has 1 heterocycles. The summed E-state index contributed by atoms with van der Waals surface area (Å²) < 4.78 is 1.96. The first-order valence-corrected chi connectivity index (χ1v) is 6.16. The molecule has 2 aromatic rings. The number of aryl methyl sites for hydroxylation is 1. The third kappa shape index (κ3) is 2.10. The Labute approximate surface area is 111 Å². The van der Waals surface area contributed by atoms with Crippen LogP contribution in [0.1, 0.15) is 25.8 Å². The molecule has 0 saturated heterocycles. The maximum Gasteiger partial charge on any atom is 0.304 e. The van der Waals surface area contributed by atoms with Crippen LogP contribution in [-0.2, 0) is 17.3 Å². The SMILES string of the molecule is Cn1cc(Cl)c2c(C(C)(C)CC(=O)O)cccc21. The number of carboxylic acids is 1. The highest BCUT2D eigenvalue weighted by molar-refractivity contribution is 6.36. The standard InChI is InChI=1S/C14H16ClNO2/c1-14(2,7-12(17)18)9-5-4-6-11-13(9)10(15)8-16(11)3/h4-6,8H,7H2,1-3H3,(H,17,18). The summed E-state index contributed by atoms with van der Waals surface area (Å²) in [6.07, 6.45) is 1.93. The van der Waals surface area contributed by atoms with Gasteiger partial charge in [0, 0.05) is 29.6 Å². The van der Waals surface area contributed by atoms with E-state index in [1.54, 1.807) is 0 Å². The molecule has 0 fully saturated rings. The van der Waals surface area contributed by atoms with E-state index in [9.17, 15) is 4.79 Å². The van der Waals surface area contributed by atoms with Gasteiger partial charge in [0.05, 0.1) is 11.4 Å². The first kappa shape index (κ1) is 13.0. The fourth-order valence-electron chi connectivity index (χ4n) is 2.43. The Balaban J connectivity index is 2.68. The Bertz CT molecular complexity index is 614. The normalized spacial score (nSPS) is 12.0. The number of nitrogens with zero attached hydrogens (tertiary/aromatic N) is 1. The molecule has 0 atom stereocenters. The number of hydrogen-bond donors (Lipinski definition) is 1. The number of fused-ring (bicyclic) bond motifs is 1. The van der Waals surface area contributed by atoms with Crippen molar-refractivity contribution in [1.82, 2.24) is 4.57 Å². The number of aromatic nitrogens is 1. The largest absolute Gasteiger partial charge is 0.481 e. The van der Waals surface area contributed by atoms with Crippen molar-refractivity contribution in [2.24, 2.45) is 7.05 Å². The van der Waals surface area contributed by atoms with E-state index in [1.165, 1.54) is 0 Å². The maximum absolute atomic E-state index is 11.0. The van der Waals surface area contributed by atoms with Crippen LogP contribution in [0.25, 0.3) is 10.9 Å². The Kier molecular flexibility index (Phi) is 3.11. The lowest BCUT2D eigenvalue weighted by Crippen LogP contribution is -2.21. The van der Waals surface area contributed by atoms with Gasteiger partial charge in [-0.2, -0.15) is 0 Å². The van der Waals surface area contributed by atoms with Gasteiger partial charge in [-0.15, -0.1) is 0 Å². The van der Waals surface area contributed by atoms with Crippen LogP contribution in [0.5, 0.6) is 0 Å². The van der Waals surface area contributed by atoms with Crippen molar-refractivity contribution in [1.29, 1.82) is 0 Å². The second kappa shape index (κ2) is 4.32. The molecule has 18 heavy (non-hydrogen) atoms. The summed E-state index contributed by atoms with van der Waals surface area (Å²) in [5, 5.41) is 10.6. The van der Waals surface area contributed by atoms with E-state index in [0.29, 0.717) is 5.02 Å². The minimum absolute atomic E-state index is 0.0807. The molecule has 0 aliphatic carbocycles. The minimum Gasteiger partial charge on any atom is -0.481 e. The average molecular weight is 266 g/mol. The zero-order valence-electron chi connectivity index (χ0n) is 10.7. The van der Waals surface area contributed by atoms with Crippen LogP contribution < -0.4 is 0 Å². The summed E-state index contributed by atoms with van der Waals surface area (Å²) in [5.41, 5.74) is 1.56. The highest BCUT2D eigenvalue weighted by Gasteiger charge is 2.27. The van der Waals surface area contributed by atoms with Crippen LogP contribution in [0, 0.1) is 0 Å². The topological polar surface area (TPSA) is 42.2 Å². The molecule has 96 valence electrons. The number of halogens is 1. The van der Waals surface area contributed by atoms with Gasteiger partial charge < -0.3 is 9.67 Å². The summed E-state index contributed by atoms with van der Waals surface area (Å²) >= 11 is 6.26. The molecule has 1 N–H and O–H groups in total. The lowest BCUT2D eigenvalue weighted by molar-refractivity contribution is -0.138. The third-order valence-electron chi connectivity index (χ3n) is 3.29. The first-order chi connectivity index (χ1) is 8.33. The van der Waals surface area contributed by atoms with Gasteiger partial charge in [0.15, 0.2) is 0 Å². The van der Waals surface area contributed by atoms with Crippen LogP contribution in [0.15, 0.2) is 24.4 Å². The lowest BCUT2D eigenvalue weighted by Gasteiger charge is -2.24. The number of carbonyl (C=O) groups is 1. The predicted octanol–water partition coefficient (Wildman–Crippen LogP) is 3.58. The van der Waals surface area contributed by atoms with E-state index in [0.717, 1.165) is 16.5 Å². The van der Waals surface area contributed by atoms with Crippen molar-refractivity contribution >= 4 is 28.5 Å². The fraction of sp³-hybridized carbons (Fsp3) is 0.357. The number of carboxylic acid groups (broad SMARTS) is 1. The fourth-order valence-corrected chi connectivity index (χ4v) is 2.77. The molecular formula is C14H16ClNO2. The summed E-state index contributed by atoms with van der Waals surface area (Å²) in [6, 6.07) is 5.89. The van der Waals surface area contributed by atoms with E-state index in [4.69, 9.17) is 16.7 Å². The zero-order chi connectivity index (χ0) is 13.5. The first-order valence-electron chi connectivity index (χ1n) is 5.79. The average Bonchev–Trinajstić information content (AvgIpc) is 2.53. The lowest BCUT2D eigenvalue weighted by atomic mass is 9.80.